The first-order valence-electron chi connectivity index (χ1n) is 9.54. The van der Waals surface area contributed by atoms with Crippen LogP contribution in [0.15, 0.2) is 59.7 Å². The summed E-state index contributed by atoms with van der Waals surface area (Å²) in [6.07, 6.45) is 2.25. The number of carbonyl (C=O) groups is 2. The Bertz CT molecular complexity index is 789. The van der Waals surface area contributed by atoms with Crippen LogP contribution in [0, 0.1) is 0 Å². The van der Waals surface area contributed by atoms with Crippen molar-refractivity contribution in [1.29, 1.82) is 0 Å². The number of rotatable bonds is 10. The van der Waals surface area contributed by atoms with Crippen LogP contribution in [0.2, 0.25) is 0 Å². The van der Waals surface area contributed by atoms with E-state index in [4.69, 9.17) is 9.47 Å². The van der Waals surface area contributed by atoms with E-state index in [9.17, 15) is 9.59 Å². The third-order valence-electron chi connectivity index (χ3n) is 3.77. The first-order chi connectivity index (χ1) is 14.0. The van der Waals surface area contributed by atoms with Gasteiger partial charge in [-0.2, -0.15) is 5.10 Å². The Kier molecular flexibility index (Phi) is 9.38. The van der Waals surface area contributed by atoms with Crippen LogP contribution in [0.5, 0.6) is 5.75 Å². The molecule has 154 valence electrons. The zero-order valence-electron chi connectivity index (χ0n) is 16.8. The Morgan fingerprint density at radius 2 is 1.76 bits per heavy atom. The lowest BCUT2D eigenvalue weighted by Gasteiger charge is -2.07. The molecule has 0 fully saturated rings. The van der Waals surface area contributed by atoms with Crippen molar-refractivity contribution in [1.82, 2.24) is 10.7 Å². The van der Waals surface area contributed by atoms with Crippen LogP contribution in [0.1, 0.15) is 31.4 Å². The van der Waals surface area contributed by atoms with Crippen molar-refractivity contribution in [2.75, 3.05) is 13.2 Å². The second kappa shape index (κ2) is 12.3. The van der Waals surface area contributed by atoms with Gasteiger partial charge < -0.3 is 14.8 Å². The van der Waals surface area contributed by atoms with Gasteiger partial charge in [0.05, 0.1) is 12.3 Å². The zero-order chi connectivity index (χ0) is 20.9. The van der Waals surface area contributed by atoms with Gasteiger partial charge >= 0.3 is 11.8 Å². The Morgan fingerprint density at radius 3 is 2.45 bits per heavy atom. The summed E-state index contributed by atoms with van der Waals surface area (Å²) >= 11 is 0. The largest absolute Gasteiger partial charge is 0.489 e. The average molecular weight is 397 g/mol. The summed E-state index contributed by atoms with van der Waals surface area (Å²) in [6, 6.07) is 17.1. The van der Waals surface area contributed by atoms with E-state index in [1.807, 2.05) is 68.4 Å². The Labute approximate surface area is 171 Å². The molecule has 0 aromatic heterocycles. The SMILES string of the molecule is CC(C)OCCCNC(=O)C(=O)N/N=C/c1ccc(OCc2ccccc2)cc1. The summed E-state index contributed by atoms with van der Waals surface area (Å²) in [5.74, 6) is -0.805. The molecular formula is C22H27N3O4. The molecule has 7 heteroatoms. The number of ether oxygens (including phenoxy) is 2. The first-order valence-corrected chi connectivity index (χ1v) is 9.54. The number of nitrogens with one attached hydrogen (secondary N) is 2. The number of hydrogen-bond donors (Lipinski definition) is 2. The van der Waals surface area contributed by atoms with Gasteiger partial charge in [-0.25, -0.2) is 5.43 Å². The monoisotopic (exact) mass is 397 g/mol. The van der Waals surface area contributed by atoms with E-state index < -0.39 is 11.8 Å². The maximum atomic E-state index is 11.7. The molecule has 2 aromatic rings. The number of benzene rings is 2. The molecule has 0 unspecified atom stereocenters. The van der Waals surface area contributed by atoms with Gasteiger partial charge in [0, 0.05) is 13.2 Å². The third-order valence-corrected chi connectivity index (χ3v) is 3.77. The lowest BCUT2D eigenvalue weighted by molar-refractivity contribution is -0.139. The minimum Gasteiger partial charge on any atom is -0.489 e. The van der Waals surface area contributed by atoms with E-state index in [1.54, 1.807) is 0 Å². The Morgan fingerprint density at radius 1 is 1.03 bits per heavy atom. The van der Waals surface area contributed by atoms with Gasteiger partial charge in [0.2, 0.25) is 0 Å². The minimum absolute atomic E-state index is 0.146. The summed E-state index contributed by atoms with van der Waals surface area (Å²) < 4.78 is 11.1. The quantitative estimate of drug-likeness (QED) is 0.279. The van der Waals surface area contributed by atoms with Crippen LogP contribution < -0.4 is 15.5 Å². The van der Waals surface area contributed by atoms with Crippen LogP contribution in [-0.2, 0) is 20.9 Å². The molecule has 0 saturated carbocycles. The topological polar surface area (TPSA) is 89.0 Å². The highest BCUT2D eigenvalue weighted by Crippen LogP contribution is 2.13. The van der Waals surface area contributed by atoms with Gasteiger partial charge in [-0.15, -0.1) is 0 Å². The molecule has 0 heterocycles. The molecule has 2 N–H and O–H groups in total. The average Bonchev–Trinajstić information content (AvgIpc) is 2.73. The summed E-state index contributed by atoms with van der Waals surface area (Å²) in [7, 11) is 0. The maximum absolute atomic E-state index is 11.7. The van der Waals surface area contributed by atoms with Crippen molar-refractivity contribution >= 4 is 18.0 Å². The first kappa shape index (κ1) is 22.1. The molecule has 2 amide bonds. The lowest BCUT2D eigenvalue weighted by Crippen LogP contribution is -2.38. The molecule has 7 nitrogen and oxygen atoms in total. The van der Waals surface area contributed by atoms with Crippen LogP contribution in [0.3, 0.4) is 0 Å². The number of nitrogens with zero attached hydrogens (tertiary/aromatic N) is 1. The zero-order valence-corrected chi connectivity index (χ0v) is 16.8. The summed E-state index contributed by atoms with van der Waals surface area (Å²) in [5, 5.41) is 6.32. The van der Waals surface area contributed by atoms with Crippen molar-refractivity contribution in [3.63, 3.8) is 0 Å². The fourth-order valence-corrected chi connectivity index (χ4v) is 2.28. The highest BCUT2D eigenvalue weighted by molar-refractivity contribution is 6.35. The summed E-state index contributed by atoms with van der Waals surface area (Å²) in [5.41, 5.74) is 4.06. The maximum Gasteiger partial charge on any atom is 0.329 e. The predicted octanol–water partition coefficient (Wildman–Crippen LogP) is 2.65. The van der Waals surface area contributed by atoms with E-state index in [2.05, 4.69) is 15.8 Å². The van der Waals surface area contributed by atoms with Crippen molar-refractivity contribution in [2.24, 2.45) is 5.10 Å². The van der Waals surface area contributed by atoms with E-state index in [-0.39, 0.29) is 6.10 Å². The fraction of sp³-hybridized carbons (Fsp3) is 0.318. The highest BCUT2D eigenvalue weighted by Gasteiger charge is 2.11. The van der Waals surface area contributed by atoms with Gasteiger partial charge in [-0.05, 0) is 55.7 Å². The summed E-state index contributed by atoms with van der Waals surface area (Å²) in [4.78, 5) is 23.4. The van der Waals surface area contributed by atoms with Gasteiger partial charge in [-0.1, -0.05) is 30.3 Å². The molecule has 0 spiro atoms. The lowest BCUT2D eigenvalue weighted by atomic mass is 10.2. The van der Waals surface area contributed by atoms with Crippen molar-refractivity contribution in [3.8, 4) is 5.75 Å². The van der Waals surface area contributed by atoms with E-state index in [1.165, 1.54) is 6.21 Å². The van der Waals surface area contributed by atoms with E-state index >= 15 is 0 Å². The van der Waals surface area contributed by atoms with E-state index in [0.717, 1.165) is 16.9 Å². The van der Waals surface area contributed by atoms with Crippen LogP contribution in [0.4, 0.5) is 0 Å². The molecule has 0 atom stereocenters. The van der Waals surface area contributed by atoms with Crippen LogP contribution in [-0.4, -0.2) is 37.3 Å². The fourth-order valence-electron chi connectivity index (χ4n) is 2.28. The van der Waals surface area contributed by atoms with Crippen LogP contribution >= 0.6 is 0 Å². The van der Waals surface area contributed by atoms with Crippen molar-refractivity contribution in [3.05, 3.63) is 65.7 Å². The number of amides is 2. The second-order valence-electron chi connectivity index (χ2n) is 6.57. The molecule has 29 heavy (non-hydrogen) atoms. The Hall–Kier alpha value is -3.19. The van der Waals surface area contributed by atoms with Gasteiger partial charge in [0.1, 0.15) is 12.4 Å². The Balaban J connectivity index is 1.68. The number of carbonyl (C=O) groups excluding carboxylic acids is 2. The minimum atomic E-state index is -0.811. The molecule has 2 rings (SSSR count). The highest BCUT2D eigenvalue weighted by atomic mass is 16.5. The molecule has 0 aliphatic rings. The molecule has 0 bridgehead atoms. The standard InChI is InChI=1S/C22H27N3O4/c1-17(2)28-14-6-13-23-21(26)22(27)25-24-15-18-9-11-20(12-10-18)29-16-19-7-4-3-5-8-19/h3-5,7-12,15,17H,6,13-14,16H2,1-2H3,(H,23,26)(H,25,27)/b24-15+. The predicted molar refractivity (Wildman–Crippen MR) is 112 cm³/mol. The van der Waals surface area contributed by atoms with Gasteiger partial charge in [-0.3, -0.25) is 9.59 Å². The number of hydrazone groups is 1. The summed E-state index contributed by atoms with van der Waals surface area (Å²) in [6.45, 7) is 5.27. The molecule has 2 aromatic carbocycles. The van der Waals surface area contributed by atoms with E-state index in [0.29, 0.717) is 26.2 Å². The van der Waals surface area contributed by atoms with Crippen molar-refractivity contribution < 1.29 is 19.1 Å². The smallest absolute Gasteiger partial charge is 0.329 e. The normalized spacial score (nSPS) is 10.9. The number of hydrogen-bond acceptors (Lipinski definition) is 5. The van der Waals surface area contributed by atoms with Crippen molar-refractivity contribution in [2.45, 2.75) is 33.0 Å². The van der Waals surface area contributed by atoms with Crippen LogP contribution in [0.25, 0.3) is 0 Å². The molecule has 0 aliphatic heterocycles. The third kappa shape index (κ3) is 9.03. The van der Waals surface area contributed by atoms with Gasteiger partial charge in [0.25, 0.3) is 0 Å². The molecular weight excluding hydrogens is 370 g/mol. The van der Waals surface area contributed by atoms with Gasteiger partial charge in [0.15, 0.2) is 0 Å². The second-order valence-corrected chi connectivity index (χ2v) is 6.57. The molecule has 0 saturated heterocycles. The molecule has 0 radical (unpaired) electrons. The molecule has 0 aliphatic carbocycles.